The highest BCUT2D eigenvalue weighted by Gasteiger charge is 2.11. The Kier molecular flexibility index (Phi) is 5.95. The van der Waals surface area contributed by atoms with Crippen molar-refractivity contribution in [2.45, 2.75) is 20.0 Å². The van der Waals surface area contributed by atoms with Gasteiger partial charge in [-0.2, -0.15) is 13.9 Å². The summed E-state index contributed by atoms with van der Waals surface area (Å²) in [7, 11) is 0. The standard InChI is InChI=1S/C17H15F3N2O2/c1-11(14-4-2-3-5-15(14)24-17(19)20)21-22-16(23)10-12-6-8-13(18)9-7-12/h2-9,17H,10H2,1H3,(H,22,23)/b21-11+. The second-order valence-corrected chi connectivity index (χ2v) is 4.91. The molecule has 0 bridgehead atoms. The molecular formula is C17H15F3N2O2. The first kappa shape index (κ1) is 17.5. The van der Waals surface area contributed by atoms with E-state index in [1.807, 2.05) is 0 Å². The third-order valence-corrected chi connectivity index (χ3v) is 3.12. The van der Waals surface area contributed by atoms with E-state index in [-0.39, 0.29) is 18.0 Å². The fourth-order valence-electron chi connectivity index (χ4n) is 2.00. The maximum Gasteiger partial charge on any atom is 0.387 e. The zero-order valence-electron chi connectivity index (χ0n) is 12.8. The molecule has 0 radical (unpaired) electrons. The Labute approximate surface area is 137 Å². The molecule has 0 atom stereocenters. The van der Waals surface area contributed by atoms with Gasteiger partial charge in [-0.25, -0.2) is 9.82 Å². The van der Waals surface area contributed by atoms with Gasteiger partial charge in [-0.05, 0) is 36.8 Å². The molecule has 0 heterocycles. The molecule has 2 aromatic rings. The molecule has 2 aromatic carbocycles. The minimum absolute atomic E-state index is 0.0201. The number of nitrogens with zero attached hydrogens (tertiary/aromatic N) is 1. The average Bonchev–Trinajstić information content (AvgIpc) is 2.55. The number of ether oxygens (including phenoxy) is 1. The van der Waals surface area contributed by atoms with Gasteiger partial charge in [0.25, 0.3) is 0 Å². The number of hydrazone groups is 1. The number of carbonyl (C=O) groups excluding carboxylic acids is 1. The van der Waals surface area contributed by atoms with Gasteiger partial charge in [0.2, 0.25) is 5.91 Å². The Hall–Kier alpha value is -2.83. The summed E-state index contributed by atoms with van der Waals surface area (Å²) in [5.74, 6) is -0.821. The van der Waals surface area contributed by atoms with Gasteiger partial charge in [0.1, 0.15) is 11.6 Å². The van der Waals surface area contributed by atoms with E-state index >= 15 is 0 Å². The molecule has 1 N–H and O–H groups in total. The molecule has 0 spiro atoms. The van der Waals surface area contributed by atoms with Gasteiger partial charge in [0.15, 0.2) is 0 Å². The minimum Gasteiger partial charge on any atom is -0.434 e. The van der Waals surface area contributed by atoms with Crippen molar-refractivity contribution in [1.29, 1.82) is 0 Å². The number of amides is 1. The Bertz CT molecular complexity index is 731. The van der Waals surface area contributed by atoms with Gasteiger partial charge in [-0.15, -0.1) is 0 Å². The van der Waals surface area contributed by atoms with E-state index in [2.05, 4.69) is 15.3 Å². The van der Waals surface area contributed by atoms with Crippen LogP contribution in [0.5, 0.6) is 5.75 Å². The summed E-state index contributed by atoms with van der Waals surface area (Å²) in [6.07, 6.45) is 0.0201. The van der Waals surface area contributed by atoms with Crippen LogP contribution in [0.2, 0.25) is 0 Å². The molecule has 126 valence electrons. The Morgan fingerprint density at radius 2 is 1.83 bits per heavy atom. The SMILES string of the molecule is C/C(=N\NC(=O)Cc1ccc(F)cc1)c1ccccc1OC(F)F. The molecule has 0 unspecified atom stereocenters. The average molecular weight is 336 g/mol. The fourth-order valence-corrected chi connectivity index (χ4v) is 2.00. The Morgan fingerprint density at radius 1 is 1.17 bits per heavy atom. The summed E-state index contributed by atoms with van der Waals surface area (Å²) in [5.41, 5.74) is 3.63. The molecule has 1 amide bonds. The maximum atomic E-state index is 12.8. The molecular weight excluding hydrogens is 321 g/mol. The lowest BCUT2D eigenvalue weighted by Crippen LogP contribution is -2.21. The number of benzene rings is 2. The number of alkyl halides is 2. The molecule has 7 heteroatoms. The van der Waals surface area contributed by atoms with Gasteiger partial charge in [-0.1, -0.05) is 24.3 Å². The third kappa shape index (κ3) is 5.12. The fraction of sp³-hybridized carbons (Fsp3) is 0.176. The van der Waals surface area contributed by atoms with Crippen molar-refractivity contribution in [1.82, 2.24) is 5.43 Å². The maximum absolute atomic E-state index is 12.8. The molecule has 4 nitrogen and oxygen atoms in total. The third-order valence-electron chi connectivity index (χ3n) is 3.12. The number of hydrogen-bond donors (Lipinski definition) is 1. The number of halogens is 3. The number of rotatable bonds is 6. The molecule has 0 aliphatic heterocycles. The van der Waals surface area contributed by atoms with Crippen LogP contribution in [0.15, 0.2) is 53.6 Å². The van der Waals surface area contributed by atoms with Gasteiger partial charge >= 0.3 is 6.61 Å². The smallest absolute Gasteiger partial charge is 0.387 e. The molecule has 0 aromatic heterocycles. The van der Waals surface area contributed by atoms with E-state index in [0.29, 0.717) is 16.8 Å². The molecule has 0 aliphatic carbocycles. The van der Waals surface area contributed by atoms with Crippen LogP contribution in [0.1, 0.15) is 18.1 Å². The number of hydrogen-bond acceptors (Lipinski definition) is 3. The molecule has 0 fully saturated rings. The van der Waals surface area contributed by atoms with Gasteiger partial charge in [-0.3, -0.25) is 4.79 Å². The van der Waals surface area contributed by atoms with Crippen molar-refractivity contribution in [2.75, 3.05) is 0 Å². The summed E-state index contributed by atoms with van der Waals surface area (Å²) < 4.78 is 42.0. The number of carbonyl (C=O) groups is 1. The summed E-state index contributed by atoms with van der Waals surface area (Å²) in [6, 6.07) is 11.7. The second kappa shape index (κ2) is 8.14. The second-order valence-electron chi connectivity index (χ2n) is 4.91. The van der Waals surface area contributed by atoms with E-state index in [9.17, 15) is 18.0 Å². The van der Waals surface area contributed by atoms with Gasteiger partial charge in [0.05, 0.1) is 12.1 Å². The van der Waals surface area contributed by atoms with Crippen LogP contribution in [0, 0.1) is 5.82 Å². The van der Waals surface area contributed by atoms with Gasteiger partial charge < -0.3 is 4.74 Å². The summed E-state index contributed by atoms with van der Waals surface area (Å²) >= 11 is 0. The number of nitrogens with one attached hydrogen (secondary N) is 1. The van der Waals surface area contributed by atoms with Crippen molar-refractivity contribution in [3.05, 3.63) is 65.5 Å². The predicted molar refractivity (Wildman–Crippen MR) is 83.5 cm³/mol. The van der Waals surface area contributed by atoms with Crippen molar-refractivity contribution >= 4 is 11.6 Å². The highest BCUT2D eigenvalue weighted by molar-refractivity contribution is 6.01. The number of para-hydroxylation sites is 1. The first-order chi connectivity index (χ1) is 11.5. The lowest BCUT2D eigenvalue weighted by atomic mass is 10.1. The van der Waals surface area contributed by atoms with Crippen LogP contribution in [0.3, 0.4) is 0 Å². The van der Waals surface area contributed by atoms with Crippen molar-refractivity contribution in [3.63, 3.8) is 0 Å². The summed E-state index contributed by atoms with van der Waals surface area (Å²) in [5, 5.41) is 3.89. The van der Waals surface area contributed by atoms with Crippen LogP contribution in [0.4, 0.5) is 13.2 Å². The zero-order chi connectivity index (χ0) is 17.5. The quantitative estimate of drug-likeness (QED) is 0.648. The lowest BCUT2D eigenvalue weighted by molar-refractivity contribution is -0.120. The van der Waals surface area contributed by atoms with E-state index in [1.54, 1.807) is 25.1 Å². The van der Waals surface area contributed by atoms with Crippen LogP contribution in [-0.2, 0) is 11.2 Å². The largest absolute Gasteiger partial charge is 0.434 e. The highest BCUT2D eigenvalue weighted by Crippen LogP contribution is 2.20. The zero-order valence-corrected chi connectivity index (χ0v) is 12.8. The van der Waals surface area contributed by atoms with Crippen LogP contribution >= 0.6 is 0 Å². The van der Waals surface area contributed by atoms with E-state index in [0.717, 1.165) is 0 Å². The van der Waals surface area contributed by atoms with Crippen molar-refractivity contribution in [2.24, 2.45) is 5.10 Å². The monoisotopic (exact) mass is 336 g/mol. The normalized spacial score (nSPS) is 11.5. The molecule has 2 rings (SSSR count). The van der Waals surface area contributed by atoms with Crippen molar-refractivity contribution in [3.8, 4) is 5.75 Å². The lowest BCUT2D eigenvalue weighted by Gasteiger charge is -2.10. The molecule has 0 aliphatic rings. The molecule has 24 heavy (non-hydrogen) atoms. The first-order valence-corrected chi connectivity index (χ1v) is 7.07. The highest BCUT2D eigenvalue weighted by atomic mass is 19.3. The topological polar surface area (TPSA) is 50.7 Å². The minimum atomic E-state index is -2.95. The Balaban J connectivity index is 2.03. The first-order valence-electron chi connectivity index (χ1n) is 7.07. The van der Waals surface area contributed by atoms with Crippen molar-refractivity contribution < 1.29 is 22.7 Å². The molecule has 0 saturated carbocycles. The molecule has 0 saturated heterocycles. The summed E-state index contributed by atoms with van der Waals surface area (Å²) in [4.78, 5) is 11.8. The van der Waals surface area contributed by atoms with Gasteiger partial charge in [0, 0.05) is 5.56 Å². The predicted octanol–water partition coefficient (Wildman–Crippen LogP) is 3.51. The van der Waals surface area contributed by atoms with E-state index in [1.165, 1.54) is 30.3 Å². The van der Waals surface area contributed by atoms with E-state index in [4.69, 9.17) is 0 Å². The van der Waals surface area contributed by atoms with E-state index < -0.39 is 12.5 Å². The Morgan fingerprint density at radius 3 is 2.50 bits per heavy atom. The summed E-state index contributed by atoms with van der Waals surface area (Å²) in [6.45, 7) is -1.39. The van der Waals surface area contributed by atoms with Crippen LogP contribution in [-0.4, -0.2) is 18.2 Å². The van der Waals surface area contributed by atoms with Crippen LogP contribution in [0.25, 0.3) is 0 Å². The van der Waals surface area contributed by atoms with Crippen LogP contribution < -0.4 is 10.2 Å².